The number of aromatic nitrogens is 6. The summed E-state index contributed by atoms with van der Waals surface area (Å²) in [5.41, 5.74) is 8.55. The second kappa shape index (κ2) is 10.4. The molecule has 0 bridgehead atoms. The van der Waals surface area contributed by atoms with Crippen LogP contribution in [0.15, 0.2) is 4.52 Å². The fraction of sp³-hybridized carbons (Fsp3) is 0.613. The van der Waals surface area contributed by atoms with Crippen LogP contribution in [0.1, 0.15) is 85.7 Å². The molecule has 1 spiro atoms. The molecule has 7 heterocycles. The van der Waals surface area contributed by atoms with Gasteiger partial charge in [-0.05, 0) is 72.4 Å². The molecule has 4 atom stereocenters. The Morgan fingerprint density at radius 1 is 1.18 bits per heavy atom. The van der Waals surface area contributed by atoms with E-state index < -0.39 is 11.2 Å². The highest BCUT2D eigenvalue weighted by Crippen LogP contribution is 2.53. The molecule has 0 amide bonds. The Bertz CT molecular complexity index is 1830. The van der Waals surface area contributed by atoms with Crippen LogP contribution < -0.4 is 10.6 Å². The number of hydrogen-bond acceptors (Lipinski definition) is 13. The Labute approximate surface area is 265 Å². The minimum atomic E-state index is -0.922. The molecule has 236 valence electrons. The van der Waals surface area contributed by atoms with E-state index in [9.17, 15) is 10.4 Å². The molecule has 4 aromatic heterocycles. The van der Waals surface area contributed by atoms with Crippen molar-refractivity contribution in [2.45, 2.75) is 88.5 Å². The van der Waals surface area contributed by atoms with E-state index in [0.29, 0.717) is 76.9 Å². The Balaban J connectivity index is 1.30. The standard InChI is InChI=1S/C31H38N10O3S/c1-17(20-7-5-12-39(20)3)41-29-24(36-38-41)28(40-13-6-10-30(2,42)16-40)34-27(35-29)23-18-9-14-43-31(25(18)44-37-23)11-4-8-21-22(31)19(15-32)26(33)45-21/h17,20,42H,4-14,16,33H2,1-3H3/t17-,20-,30+,31+/m0/s1. The predicted octanol–water partition coefficient (Wildman–Crippen LogP) is 3.55. The van der Waals surface area contributed by atoms with Crippen LogP contribution in [-0.2, 0) is 23.2 Å². The number of nitriles is 1. The van der Waals surface area contributed by atoms with E-state index in [4.69, 9.17) is 25.0 Å². The number of piperidine rings is 1. The molecule has 45 heavy (non-hydrogen) atoms. The van der Waals surface area contributed by atoms with Gasteiger partial charge in [0.05, 0.1) is 23.8 Å². The number of thiophene rings is 1. The molecule has 4 aliphatic rings. The topological polar surface area (TPSA) is 168 Å². The van der Waals surface area contributed by atoms with E-state index in [-0.39, 0.29) is 6.04 Å². The zero-order valence-electron chi connectivity index (χ0n) is 25.9. The Morgan fingerprint density at radius 3 is 2.82 bits per heavy atom. The van der Waals surface area contributed by atoms with Crippen LogP contribution in [0.25, 0.3) is 22.7 Å². The van der Waals surface area contributed by atoms with Crippen molar-refractivity contribution in [1.82, 2.24) is 35.0 Å². The lowest BCUT2D eigenvalue weighted by Crippen LogP contribution is -2.46. The Morgan fingerprint density at radius 2 is 2.04 bits per heavy atom. The molecule has 0 radical (unpaired) electrons. The molecule has 1 aliphatic carbocycles. The number of ether oxygens (including phenoxy) is 1. The van der Waals surface area contributed by atoms with Crippen molar-refractivity contribution in [2.75, 3.05) is 43.9 Å². The molecule has 3 N–H and O–H groups in total. The Kier molecular flexibility index (Phi) is 6.69. The normalized spacial score (nSPS) is 27.5. The first-order valence-corrected chi connectivity index (χ1v) is 16.8. The van der Waals surface area contributed by atoms with Crippen LogP contribution in [0.5, 0.6) is 0 Å². The SMILES string of the molecule is C[C@@H]([C@@H]1CCCN1C)n1nnc2c(N3CCC[C@@](C)(O)C3)nc(-c3noc4c3CCO[C@@]43CCCc4sc(N)c(C#N)c43)nc21. The fourth-order valence-corrected chi connectivity index (χ4v) is 9.29. The maximum Gasteiger partial charge on any atom is 0.186 e. The maximum atomic E-state index is 11.0. The minimum Gasteiger partial charge on any atom is -0.389 e. The van der Waals surface area contributed by atoms with E-state index in [0.717, 1.165) is 67.6 Å². The van der Waals surface area contributed by atoms with E-state index in [1.165, 1.54) is 11.3 Å². The zero-order valence-corrected chi connectivity index (χ0v) is 26.7. The lowest BCUT2D eigenvalue weighted by atomic mass is 9.76. The minimum absolute atomic E-state index is 0.0413. The number of aryl methyl sites for hydroxylation is 1. The van der Waals surface area contributed by atoms with E-state index >= 15 is 0 Å². The van der Waals surface area contributed by atoms with Gasteiger partial charge in [0.1, 0.15) is 11.1 Å². The molecular formula is C31H38N10O3S. The number of nitrogens with two attached hydrogens (primary N) is 1. The number of fused-ring (bicyclic) bond motifs is 5. The second-order valence-corrected chi connectivity index (χ2v) is 14.5. The molecular weight excluding hydrogens is 592 g/mol. The Hall–Kier alpha value is -3.64. The lowest BCUT2D eigenvalue weighted by molar-refractivity contribution is -0.0580. The van der Waals surface area contributed by atoms with E-state index in [2.05, 4.69) is 45.3 Å². The van der Waals surface area contributed by atoms with Crippen molar-refractivity contribution >= 4 is 33.3 Å². The van der Waals surface area contributed by atoms with Crippen molar-refractivity contribution < 1.29 is 14.4 Å². The van der Waals surface area contributed by atoms with Gasteiger partial charge in [0.2, 0.25) is 0 Å². The lowest BCUT2D eigenvalue weighted by Gasteiger charge is -2.38. The third-order valence-corrected chi connectivity index (χ3v) is 11.4. The summed E-state index contributed by atoms with van der Waals surface area (Å²) in [5, 5.41) is 35.5. The first-order chi connectivity index (χ1) is 21.7. The van der Waals surface area contributed by atoms with Gasteiger partial charge in [-0.15, -0.1) is 16.4 Å². The summed E-state index contributed by atoms with van der Waals surface area (Å²) in [6.45, 7) is 6.70. The van der Waals surface area contributed by atoms with Gasteiger partial charge in [-0.25, -0.2) is 14.6 Å². The van der Waals surface area contributed by atoms with Crippen molar-refractivity contribution in [2.24, 2.45) is 0 Å². The molecule has 13 nitrogen and oxygen atoms in total. The first-order valence-electron chi connectivity index (χ1n) is 16.0. The number of hydrogen-bond donors (Lipinski definition) is 2. The molecule has 14 heteroatoms. The van der Waals surface area contributed by atoms with Crippen LogP contribution in [-0.4, -0.2) is 85.1 Å². The number of anilines is 2. The molecule has 8 rings (SSSR count). The molecule has 3 aliphatic heterocycles. The quantitative estimate of drug-likeness (QED) is 0.337. The predicted molar refractivity (Wildman–Crippen MR) is 168 cm³/mol. The van der Waals surface area contributed by atoms with Crippen LogP contribution in [0, 0.1) is 11.3 Å². The van der Waals surface area contributed by atoms with Gasteiger partial charge in [-0.3, -0.25) is 0 Å². The van der Waals surface area contributed by atoms with Crippen LogP contribution in [0.2, 0.25) is 0 Å². The largest absolute Gasteiger partial charge is 0.389 e. The second-order valence-electron chi connectivity index (χ2n) is 13.4. The van der Waals surface area contributed by atoms with Crippen molar-refractivity contribution in [3.8, 4) is 17.6 Å². The molecule has 0 aromatic carbocycles. The molecule has 2 saturated heterocycles. The monoisotopic (exact) mass is 630 g/mol. The summed E-state index contributed by atoms with van der Waals surface area (Å²) in [5.74, 6) is 1.68. The van der Waals surface area contributed by atoms with E-state index in [1.807, 2.05) is 11.6 Å². The average Bonchev–Trinajstić information content (AvgIpc) is 3.81. The van der Waals surface area contributed by atoms with Gasteiger partial charge in [-0.2, -0.15) is 5.26 Å². The van der Waals surface area contributed by atoms with Gasteiger partial charge in [0.15, 0.2) is 39.9 Å². The van der Waals surface area contributed by atoms with E-state index in [1.54, 1.807) is 0 Å². The third-order valence-electron chi connectivity index (χ3n) is 10.3. The van der Waals surface area contributed by atoms with Crippen molar-refractivity contribution in [3.63, 3.8) is 0 Å². The number of nitrogens with zero attached hydrogens (tertiary/aromatic N) is 9. The summed E-state index contributed by atoms with van der Waals surface area (Å²) in [7, 11) is 2.16. The highest BCUT2D eigenvalue weighted by Gasteiger charge is 2.50. The zero-order chi connectivity index (χ0) is 31.1. The highest BCUT2D eigenvalue weighted by molar-refractivity contribution is 7.16. The van der Waals surface area contributed by atoms with Gasteiger partial charge in [0, 0.05) is 41.6 Å². The molecule has 0 saturated carbocycles. The van der Waals surface area contributed by atoms with Crippen LogP contribution in [0.4, 0.5) is 10.8 Å². The molecule has 2 fully saturated rings. The van der Waals surface area contributed by atoms with Gasteiger partial charge >= 0.3 is 0 Å². The van der Waals surface area contributed by atoms with Gasteiger partial charge < -0.3 is 29.9 Å². The number of rotatable bonds is 4. The molecule has 0 unspecified atom stereocenters. The summed E-state index contributed by atoms with van der Waals surface area (Å²) >= 11 is 1.46. The van der Waals surface area contributed by atoms with Crippen LogP contribution >= 0.6 is 11.3 Å². The number of nitrogen functional groups attached to an aromatic ring is 1. The fourth-order valence-electron chi connectivity index (χ4n) is 8.16. The van der Waals surface area contributed by atoms with Crippen LogP contribution in [0.3, 0.4) is 0 Å². The van der Waals surface area contributed by atoms with Gasteiger partial charge in [-0.1, -0.05) is 10.4 Å². The van der Waals surface area contributed by atoms with Crippen molar-refractivity contribution in [3.05, 3.63) is 27.3 Å². The number of likely N-dealkylation sites (tertiary alicyclic amines) is 1. The average molecular weight is 631 g/mol. The van der Waals surface area contributed by atoms with Gasteiger partial charge in [0.25, 0.3) is 0 Å². The number of likely N-dealkylation sites (N-methyl/N-ethyl adjacent to an activating group) is 1. The first kappa shape index (κ1) is 28.8. The summed E-state index contributed by atoms with van der Waals surface area (Å²) in [6.07, 6.45) is 6.75. The summed E-state index contributed by atoms with van der Waals surface area (Å²) in [6, 6.07) is 2.69. The smallest absolute Gasteiger partial charge is 0.186 e. The highest BCUT2D eigenvalue weighted by atomic mass is 32.1. The number of aliphatic hydroxyl groups is 1. The van der Waals surface area contributed by atoms with Crippen molar-refractivity contribution in [1.29, 1.82) is 5.26 Å². The summed E-state index contributed by atoms with van der Waals surface area (Å²) < 4.78 is 14.7. The summed E-state index contributed by atoms with van der Waals surface area (Å²) in [4.78, 5) is 15.7. The third kappa shape index (κ3) is 4.39. The maximum absolute atomic E-state index is 11.0. The number of β-amino-alcohol motifs (C(OH)–C–C–N with tert-alkyl or cyclic N) is 1. The molecule has 4 aromatic rings.